The predicted molar refractivity (Wildman–Crippen MR) is 81.8 cm³/mol. The Labute approximate surface area is 125 Å². The van der Waals surface area contributed by atoms with Crippen LogP contribution in [-0.2, 0) is 6.54 Å². The van der Waals surface area contributed by atoms with Crippen LogP contribution in [0.2, 0.25) is 0 Å². The zero-order chi connectivity index (χ0) is 14.7. The molecule has 0 bridgehead atoms. The molecule has 0 aliphatic heterocycles. The van der Waals surface area contributed by atoms with Crippen molar-refractivity contribution in [1.82, 2.24) is 4.98 Å². The summed E-state index contributed by atoms with van der Waals surface area (Å²) in [6, 6.07) is 9.09. The van der Waals surface area contributed by atoms with E-state index in [0.717, 1.165) is 21.5 Å². The van der Waals surface area contributed by atoms with E-state index in [1.807, 2.05) is 25.1 Å². The average molecular weight is 336 g/mol. The molecule has 0 radical (unpaired) electrons. The van der Waals surface area contributed by atoms with Gasteiger partial charge in [-0.05, 0) is 53.5 Å². The van der Waals surface area contributed by atoms with Crippen LogP contribution in [0.5, 0.6) is 0 Å². The van der Waals surface area contributed by atoms with Gasteiger partial charge in [-0.1, -0.05) is 6.07 Å². The zero-order valence-corrected chi connectivity index (χ0v) is 12.8. The van der Waals surface area contributed by atoms with Crippen molar-refractivity contribution in [2.24, 2.45) is 0 Å². The van der Waals surface area contributed by atoms with Crippen LogP contribution in [0.1, 0.15) is 16.8 Å². The van der Waals surface area contributed by atoms with Crippen LogP contribution < -0.4 is 5.32 Å². The van der Waals surface area contributed by atoms with Gasteiger partial charge in [0, 0.05) is 17.3 Å². The molecule has 1 heterocycles. The first-order valence-corrected chi connectivity index (χ1v) is 6.87. The molecule has 2 aromatic rings. The topological polar surface area (TPSA) is 68.1 Å². The fraction of sp³-hybridized carbons (Fsp3) is 0.214. The molecule has 5 nitrogen and oxygen atoms in total. The van der Waals surface area contributed by atoms with Gasteiger partial charge in [-0.2, -0.15) is 0 Å². The van der Waals surface area contributed by atoms with E-state index >= 15 is 0 Å². The summed E-state index contributed by atoms with van der Waals surface area (Å²) in [6.45, 7) is 4.15. The lowest BCUT2D eigenvalue weighted by molar-refractivity contribution is -0.385. The summed E-state index contributed by atoms with van der Waals surface area (Å²) < 4.78 is 0.786. The summed E-state index contributed by atoms with van der Waals surface area (Å²) in [4.78, 5) is 14.8. The highest BCUT2D eigenvalue weighted by molar-refractivity contribution is 9.10. The molecule has 104 valence electrons. The number of nitro groups is 1. The lowest BCUT2D eigenvalue weighted by Crippen LogP contribution is -2.04. The van der Waals surface area contributed by atoms with Gasteiger partial charge in [-0.15, -0.1) is 0 Å². The minimum Gasteiger partial charge on any atom is -0.379 e. The van der Waals surface area contributed by atoms with E-state index in [2.05, 4.69) is 26.2 Å². The van der Waals surface area contributed by atoms with Gasteiger partial charge in [-0.3, -0.25) is 10.1 Å². The second-order valence-electron chi connectivity index (χ2n) is 4.52. The number of anilines is 1. The van der Waals surface area contributed by atoms with E-state index < -0.39 is 0 Å². The maximum Gasteiger partial charge on any atom is 0.272 e. The molecule has 0 amide bonds. The van der Waals surface area contributed by atoms with Crippen molar-refractivity contribution < 1.29 is 4.92 Å². The number of nitrogens with zero attached hydrogens (tertiary/aromatic N) is 2. The fourth-order valence-electron chi connectivity index (χ4n) is 1.92. The Morgan fingerprint density at radius 3 is 2.70 bits per heavy atom. The molecule has 6 heteroatoms. The summed E-state index contributed by atoms with van der Waals surface area (Å²) in [6.07, 6.45) is 0. The molecule has 0 aliphatic carbocycles. The van der Waals surface area contributed by atoms with E-state index in [4.69, 9.17) is 0 Å². The number of aromatic nitrogens is 1. The molecule has 0 saturated heterocycles. The van der Waals surface area contributed by atoms with Gasteiger partial charge in [0.2, 0.25) is 0 Å². The van der Waals surface area contributed by atoms with E-state index in [1.165, 1.54) is 0 Å². The minimum absolute atomic E-state index is 0.147. The third-order valence-corrected chi connectivity index (χ3v) is 3.41. The zero-order valence-electron chi connectivity index (χ0n) is 11.2. The van der Waals surface area contributed by atoms with Crippen molar-refractivity contribution in [3.63, 3.8) is 0 Å². The Kier molecular flexibility index (Phi) is 4.34. The molecule has 0 saturated carbocycles. The van der Waals surface area contributed by atoms with Crippen molar-refractivity contribution in [1.29, 1.82) is 0 Å². The Bertz CT molecular complexity index is 659. The number of nitrogens with one attached hydrogen (secondary N) is 1. The van der Waals surface area contributed by atoms with E-state index in [9.17, 15) is 10.1 Å². The minimum atomic E-state index is -0.359. The van der Waals surface area contributed by atoms with Crippen molar-refractivity contribution >= 4 is 27.3 Å². The van der Waals surface area contributed by atoms with Gasteiger partial charge < -0.3 is 5.32 Å². The second-order valence-corrected chi connectivity index (χ2v) is 5.33. The Hall–Kier alpha value is -1.95. The van der Waals surface area contributed by atoms with Gasteiger partial charge in [0.15, 0.2) is 0 Å². The molecule has 1 N–H and O–H groups in total. The molecule has 0 atom stereocenters. The summed E-state index contributed by atoms with van der Waals surface area (Å²) in [5.41, 5.74) is 3.42. The number of aryl methyl sites for hydroxylation is 2. The van der Waals surface area contributed by atoms with E-state index in [1.54, 1.807) is 19.1 Å². The van der Waals surface area contributed by atoms with Crippen molar-refractivity contribution in [3.8, 4) is 0 Å². The highest BCUT2D eigenvalue weighted by atomic mass is 79.9. The number of rotatable bonds is 4. The largest absolute Gasteiger partial charge is 0.379 e. The van der Waals surface area contributed by atoms with Crippen molar-refractivity contribution in [3.05, 3.63) is 61.9 Å². The Morgan fingerprint density at radius 1 is 1.30 bits per heavy atom. The predicted octanol–water partition coefficient (Wildman–Crippen LogP) is 3.98. The molecule has 0 fully saturated rings. The first-order chi connectivity index (χ1) is 9.47. The van der Waals surface area contributed by atoms with Gasteiger partial charge in [0.1, 0.15) is 4.60 Å². The molecule has 0 spiro atoms. The highest BCUT2D eigenvalue weighted by Gasteiger charge is 2.13. The van der Waals surface area contributed by atoms with Crippen LogP contribution >= 0.6 is 15.9 Å². The Balaban J connectivity index is 2.18. The first kappa shape index (κ1) is 14.5. The van der Waals surface area contributed by atoms with Gasteiger partial charge in [0.25, 0.3) is 5.69 Å². The quantitative estimate of drug-likeness (QED) is 0.521. The smallest absolute Gasteiger partial charge is 0.272 e. The lowest BCUT2D eigenvalue weighted by Gasteiger charge is -2.10. The number of hydrogen-bond donors (Lipinski definition) is 1. The molecule has 1 aromatic carbocycles. The van der Waals surface area contributed by atoms with Crippen LogP contribution in [0.3, 0.4) is 0 Å². The maximum absolute atomic E-state index is 10.9. The number of hydrogen-bond acceptors (Lipinski definition) is 4. The molecule has 2 rings (SSSR count). The van der Waals surface area contributed by atoms with Crippen molar-refractivity contribution in [2.75, 3.05) is 5.32 Å². The van der Waals surface area contributed by atoms with E-state index in [-0.39, 0.29) is 10.6 Å². The molecule has 0 unspecified atom stereocenters. The normalized spacial score (nSPS) is 10.3. The standard InChI is InChI=1S/C14H14BrN3O2/c1-9-7-13(18(19)20)10(2)6-12(9)16-8-11-4-3-5-14(15)17-11/h3-7,16H,8H2,1-2H3. The number of pyridine rings is 1. The van der Waals surface area contributed by atoms with Gasteiger partial charge in [-0.25, -0.2) is 4.98 Å². The van der Waals surface area contributed by atoms with Gasteiger partial charge in [0.05, 0.1) is 17.2 Å². The third-order valence-electron chi connectivity index (χ3n) is 2.97. The molecular weight excluding hydrogens is 322 g/mol. The lowest BCUT2D eigenvalue weighted by atomic mass is 10.1. The molecule has 20 heavy (non-hydrogen) atoms. The SMILES string of the molecule is Cc1cc([N+](=O)[O-])c(C)cc1NCc1cccc(Br)n1. The van der Waals surface area contributed by atoms with Crippen LogP contribution in [0, 0.1) is 24.0 Å². The van der Waals surface area contributed by atoms with Gasteiger partial charge >= 0.3 is 0 Å². The molecular formula is C14H14BrN3O2. The van der Waals surface area contributed by atoms with E-state index in [0.29, 0.717) is 12.1 Å². The number of benzene rings is 1. The average Bonchev–Trinajstić information content (AvgIpc) is 2.39. The van der Waals surface area contributed by atoms with Crippen LogP contribution in [0.15, 0.2) is 34.9 Å². The monoisotopic (exact) mass is 335 g/mol. The Morgan fingerprint density at radius 2 is 2.05 bits per heavy atom. The van der Waals surface area contributed by atoms with Crippen LogP contribution in [0.4, 0.5) is 11.4 Å². The summed E-state index contributed by atoms with van der Waals surface area (Å²) in [7, 11) is 0. The number of halogens is 1. The third kappa shape index (κ3) is 3.33. The fourth-order valence-corrected chi connectivity index (χ4v) is 2.30. The summed E-state index contributed by atoms with van der Waals surface area (Å²) in [5, 5.41) is 14.1. The second kappa shape index (κ2) is 6.00. The maximum atomic E-state index is 10.9. The molecule has 0 aliphatic rings. The van der Waals surface area contributed by atoms with Crippen LogP contribution in [-0.4, -0.2) is 9.91 Å². The van der Waals surface area contributed by atoms with Crippen LogP contribution in [0.25, 0.3) is 0 Å². The summed E-state index contributed by atoms with van der Waals surface area (Å²) in [5.74, 6) is 0. The first-order valence-electron chi connectivity index (χ1n) is 6.08. The van der Waals surface area contributed by atoms with Crippen molar-refractivity contribution in [2.45, 2.75) is 20.4 Å². The highest BCUT2D eigenvalue weighted by Crippen LogP contribution is 2.26. The number of nitro benzene ring substituents is 1. The molecule has 1 aromatic heterocycles. The summed E-state index contributed by atoms with van der Waals surface area (Å²) >= 11 is 3.33.